The topological polar surface area (TPSA) is 176 Å². The largest absolute Gasteiger partial charge is 0.460 e. The lowest BCUT2D eigenvalue weighted by molar-refractivity contribution is -0.140. The lowest BCUT2D eigenvalue weighted by atomic mass is 9.82. The van der Waals surface area contributed by atoms with Crippen molar-refractivity contribution in [1.29, 1.82) is 0 Å². The molecular formula is C45H42O14. The van der Waals surface area contributed by atoms with Gasteiger partial charge in [0.25, 0.3) is 0 Å². The SMILES string of the molecule is C=CC(=O)OCCOCCOC(=O)c1ccc(C(=O)Oc2ccc3c(c2)C(C)(C)c2cc(OC(=O)c4ccc(C(=O)OCCOCCOC(=O)C=C)cc4)ccc2-3)cc1. The van der Waals surface area contributed by atoms with Gasteiger partial charge in [-0.3, -0.25) is 0 Å². The van der Waals surface area contributed by atoms with Gasteiger partial charge in [-0.25, -0.2) is 28.8 Å². The summed E-state index contributed by atoms with van der Waals surface area (Å²) in [5.41, 5.74) is 4.08. The summed E-state index contributed by atoms with van der Waals surface area (Å²) in [7, 11) is 0. The molecule has 5 rings (SSSR count). The van der Waals surface area contributed by atoms with Gasteiger partial charge in [-0.1, -0.05) is 39.1 Å². The standard InChI is InChI=1S/C45H42O14/c1-5-39(46)54-23-19-52-21-25-56-41(48)29-7-11-31(12-8-29)43(50)58-33-15-17-35-36-18-16-34(28-38(36)45(3,4)37(35)27-33)59-44(51)32-13-9-30(10-14-32)42(49)57-26-22-53-20-24-55-40(47)6-2/h5-18,27-28H,1-2,19-26H2,3-4H3. The molecule has 0 saturated heterocycles. The average molecular weight is 807 g/mol. The Balaban J connectivity index is 1.11. The Morgan fingerprint density at radius 3 is 1.12 bits per heavy atom. The number of hydrogen-bond donors (Lipinski definition) is 0. The summed E-state index contributed by atoms with van der Waals surface area (Å²) in [5, 5.41) is 0. The van der Waals surface area contributed by atoms with Crippen molar-refractivity contribution in [3.05, 3.63) is 144 Å². The molecule has 0 aliphatic heterocycles. The van der Waals surface area contributed by atoms with E-state index in [0.717, 1.165) is 34.4 Å². The molecule has 0 aromatic heterocycles. The normalized spacial score (nSPS) is 11.9. The fraction of sp³-hybridized carbons (Fsp3) is 0.244. The molecule has 14 nitrogen and oxygen atoms in total. The fourth-order valence-corrected chi connectivity index (χ4v) is 5.92. The summed E-state index contributed by atoms with van der Waals surface area (Å²) >= 11 is 0. The summed E-state index contributed by atoms with van der Waals surface area (Å²) in [4.78, 5) is 73.0. The monoisotopic (exact) mass is 806 g/mol. The molecular weight excluding hydrogens is 764 g/mol. The summed E-state index contributed by atoms with van der Waals surface area (Å²) in [5.74, 6) is -2.87. The number of benzene rings is 4. The predicted octanol–water partition coefficient (Wildman–Crippen LogP) is 6.24. The second-order valence-corrected chi connectivity index (χ2v) is 13.2. The molecule has 0 amide bonds. The summed E-state index contributed by atoms with van der Waals surface area (Å²) in [6.07, 6.45) is 2.10. The van der Waals surface area contributed by atoms with Crippen molar-refractivity contribution in [2.45, 2.75) is 19.3 Å². The molecule has 0 radical (unpaired) electrons. The van der Waals surface area contributed by atoms with E-state index in [1.807, 2.05) is 26.0 Å². The third-order valence-electron chi connectivity index (χ3n) is 8.95. The van der Waals surface area contributed by atoms with Crippen molar-refractivity contribution in [3.63, 3.8) is 0 Å². The number of fused-ring (bicyclic) bond motifs is 3. The minimum atomic E-state index is -0.616. The maximum atomic E-state index is 13.1. The molecule has 306 valence electrons. The third-order valence-corrected chi connectivity index (χ3v) is 8.95. The van der Waals surface area contributed by atoms with Crippen molar-refractivity contribution < 1.29 is 66.7 Å². The van der Waals surface area contributed by atoms with Crippen LogP contribution < -0.4 is 9.47 Å². The van der Waals surface area contributed by atoms with Crippen LogP contribution in [0.15, 0.2) is 110 Å². The van der Waals surface area contributed by atoms with E-state index in [1.54, 1.807) is 24.3 Å². The van der Waals surface area contributed by atoms with Crippen LogP contribution in [0, 0.1) is 0 Å². The van der Waals surface area contributed by atoms with Gasteiger partial charge in [0.2, 0.25) is 0 Å². The molecule has 0 fully saturated rings. The zero-order valence-electron chi connectivity index (χ0n) is 32.5. The number of carbonyl (C=O) groups excluding carboxylic acids is 6. The van der Waals surface area contributed by atoms with Crippen LogP contribution in [-0.2, 0) is 43.4 Å². The van der Waals surface area contributed by atoms with Crippen molar-refractivity contribution in [2.75, 3.05) is 52.9 Å². The van der Waals surface area contributed by atoms with Crippen molar-refractivity contribution in [1.82, 2.24) is 0 Å². The smallest absolute Gasteiger partial charge is 0.343 e. The predicted molar refractivity (Wildman–Crippen MR) is 211 cm³/mol. The van der Waals surface area contributed by atoms with E-state index in [-0.39, 0.29) is 75.1 Å². The first-order valence-corrected chi connectivity index (χ1v) is 18.4. The Morgan fingerprint density at radius 2 is 0.780 bits per heavy atom. The lowest BCUT2D eigenvalue weighted by Gasteiger charge is -2.22. The minimum Gasteiger partial charge on any atom is -0.460 e. The third kappa shape index (κ3) is 11.6. The number of esters is 6. The highest BCUT2D eigenvalue weighted by Gasteiger charge is 2.36. The Hall–Kier alpha value is -6.90. The van der Waals surface area contributed by atoms with Crippen LogP contribution >= 0.6 is 0 Å². The summed E-state index contributed by atoms with van der Waals surface area (Å²) in [6.45, 7) is 11.2. The Labute approximate surface area is 340 Å². The molecule has 0 heterocycles. The lowest BCUT2D eigenvalue weighted by Crippen LogP contribution is -2.16. The maximum Gasteiger partial charge on any atom is 0.343 e. The molecule has 59 heavy (non-hydrogen) atoms. The van der Waals surface area contributed by atoms with Crippen LogP contribution in [0.2, 0.25) is 0 Å². The molecule has 1 aliphatic rings. The van der Waals surface area contributed by atoms with Gasteiger partial charge in [0, 0.05) is 17.6 Å². The van der Waals surface area contributed by atoms with Crippen LogP contribution in [0.25, 0.3) is 11.1 Å². The first-order valence-electron chi connectivity index (χ1n) is 18.4. The quantitative estimate of drug-likeness (QED) is 0.0323. The minimum absolute atomic E-state index is 0.0144. The Bertz CT molecular complexity index is 2050. The van der Waals surface area contributed by atoms with Crippen LogP contribution in [-0.4, -0.2) is 88.7 Å². The van der Waals surface area contributed by atoms with Crippen LogP contribution in [0.3, 0.4) is 0 Å². The summed E-state index contributed by atoms with van der Waals surface area (Å²) < 4.78 is 41.9. The zero-order valence-corrected chi connectivity index (χ0v) is 32.5. The van der Waals surface area contributed by atoms with E-state index < -0.39 is 41.2 Å². The molecule has 0 N–H and O–H groups in total. The van der Waals surface area contributed by atoms with Crippen LogP contribution in [0.4, 0.5) is 0 Å². The van der Waals surface area contributed by atoms with E-state index in [9.17, 15) is 28.8 Å². The first-order chi connectivity index (χ1) is 28.4. The molecule has 1 aliphatic carbocycles. The molecule has 0 spiro atoms. The fourth-order valence-electron chi connectivity index (χ4n) is 5.92. The van der Waals surface area contributed by atoms with Gasteiger partial charge < -0.3 is 37.9 Å². The summed E-state index contributed by atoms with van der Waals surface area (Å²) in [6, 6.07) is 22.5. The molecule has 4 aromatic carbocycles. The molecule has 0 atom stereocenters. The van der Waals surface area contributed by atoms with Gasteiger partial charge >= 0.3 is 35.8 Å². The first kappa shape index (κ1) is 43.2. The van der Waals surface area contributed by atoms with Crippen molar-refractivity contribution in [3.8, 4) is 22.6 Å². The molecule has 14 heteroatoms. The van der Waals surface area contributed by atoms with E-state index in [2.05, 4.69) is 13.2 Å². The van der Waals surface area contributed by atoms with Crippen LogP contribution in [0.1, 0.15) is 66.4 Å². The molecule has 0 bridgehead atoms. The second-order valence-electron chi connectivity index (χ2n) is 13.2. The Morgan fingerprint density at radius 1 is 0.458 bits per heavy atom. The zero-order chi connectivity index (χ0) is 42.4. The van der Waals surface area contributed by atoms with E-state index in [4.69, 9.17) is 37.9 Å². The molecule has 4 aromatic rings. The molecule has 0 saturated carbocycles. The average Bonchev–Trinajstić information content (AvgIpc) is 3.46. The van der Waals surface area contributed by atoms with Gasteiger partial charge in [0.1, 0.15) is 37.9 Å². The number of carbonyl (C=O) groups is 6. The highest BCUT2D eigenvalue weighted by Crippen LogP contribution is 2.50. The van der Waals surface area contributed by atoms with E-state index >= 15 is 0 Å². The number of rotatable bonds is 20. The van der Waals surface area contributed by atoms with Crippen molar-refractivity contribution in [2.24, 2.45) is 0 Å². The number of hydrogen-bond acceptors (Lipinski definition) is 14. The second kappa shape index (κ2) is 20.5. The van der Waals surface area contributed by atoms with Gasteiger partial charge in [-0.15, -0.1) is 0 Å². The van der Waals surface area contributed by atoms with E-state index in [0.29, 0.717) is 11.5 Å². The van der Waals surface area contributed by atoms with Gasteiger partial charge in [0.05, 0.1) is 48.7 Å². The van der Waals surface area contributed by atoms with Gasteiger partial charge in [-0.05, 0) is 95.1 Å². The van der Waals surface area contributed by atoms with Gasteiger partial charge in [-0.2, -0.15) is 0 Å². The maximum absolute atomic E-state index is 13.1. The van der Waals surface area contributed by atoms with Crippen molar-refractivity contribution >= 4 is 35.8 Å². The number of ether oxygens (including phenoxy) is 8. The van der Waals surface area contributed by atoms with Crippen LogP contribution in [0.5, 0.6) is 11.5 Å². The van der Waals surface area contributed by atoms with E-state index in [1.165, 1.54) is 48.5 Å². The highest BCUT2D eigenvalue weighted by molar-refractivity contribution is 5.95. The van der Waals surface area contributed by atoms with Gasteiger partial charge in [0.15, 0.2) is 0 Å². The molecule has 0 unspecified atom stereocenters. The highest BCUT2D eigenvalue weighted by atomic mass is 16.6. The Kier molecular flexibility index (Phi) is 15.0.